The molecule has 1 aliphatic heterocycles. The number of rotatable bonds is 2. The summed E-state index contributed by atoms with van der Waals surface area (Å²) in [5.41, 5.74) is 0. The molecule has 2 heteroatoms. The van der Waals surface area contributed by atoms with E-state index < -0.39 is 0 Å². The molecule has 2 nitrogen and oxygen atoms in total. The van der Waals surface area contributed by atoms with Gasteiger partial charge in [0.05, 0.1) is 6.10 Å². The van der Waals surface area contributed by atoms with Crippen LogP contribution >= 0.6 is 0 Å². The molecule has 15 heavy (non-hydrogen) atoms. The van der Waals surface area contributed by atoms with Gasteiger partial charge in [-0.1, -0.05) is 12.8 Å². The monoisotopic (exact) mass is 209 g/mol. The van der Waals surface area contributed by atoms with Gasteiger partial charge in [-0.05, 0) is 37.5 Å². The third kappa shape index (κ3) is 1.94. The Labute approximate surface area is 92.7 Å². The highest BCUT2D eigenvalue weighted by Gasteiger charge is 2.42. The van der Waals surface area contributed by atoms with Crippen LogP contribution in [0, 0.1) is 17.8 Å². The van der Waals surface area contributed by atoms with E-state index in [2.05, 4.69) is 4.90 Å². The molecule has 1 saturated heterocycles. The van der Waals surface area contributed by atoms with Crippen LogP contribution < -0.4 is 0 Å². The molecule has 0 amide bonds. The Kier molecular flexibility index (Phi) is 2.73. The average Bonchev–Trinajstić information content (AvgIpc) is 2.88. The molecule has 0 radical (unpaired) electrons. The molecule has 0 aromatic rings. The Morgan fingerprint density at radius 2 is 1.80 bits per heavy atom. The zero-order valence-corrected chi connectivity index (χ0v) is 9.57. The highest BCUT2D eigenvalue weighted by molar-refractivity contribution is 4.94. The maximum atomic E-state index is 9.85. The molecule has 3 unspecified atom stereocenters. The van der Waals surface area contributed by atoms with Crippen molar-refractivity contribution in [3.05, 3.63) is 0 Å². The van der Waals surface area contributed by atoms with Crippen molar-refractivity contribution in [1.29, 1.82) is 0 Å². The minimum atomic E-state index is 0.0172. The van der Waals surface area contributed by atoms with E-state index in [0.717, 1.165) is 18.3 Å². The standard InChI is InChI=1S/C13H23NO/c15-13-6-5-11-8-14(9-12(11)13)7-10-3-1-2-4-10/h10-13,15H,1-9H2. The summed E-state index contributed by atoms with van der Waals surface area (Å²) in [6, 6.07) is 0. The molecule has 3 fully saturated rings. The van der Waals surface area contributed by atoms with Crippen LogP contribution in [-0.2, 0) is 0 Å². The minimum Gasteiger partial charge on any atom is -0.393 e. The molecule has 2 aliphatic carbocycles. The first-order chi connectivity index (χ1) is 7.33. The highest BCUT2D eigenvalue weighted by atomic mass is 16.3. The maximum absolute atomic E-state index is 9.85. The van der Waals surface area contributed by atoms with Crippen molar-refractivity contribution < 1.29 is 5.11 Å². The molecule has 3 aliphatic rings. The van der Waals surface area contributed by atoms with Crippen LogP contribution in [0.3, 0.4) is 0 Å². The van der Waals surface area contributed by atoms with Crippen LogP contribution in [0.15, 0.2) is 0 Å². The zero-order chi connectivity index (χ0) is 10.3. The molecule has 1 N–H and O–H groups in total. The summed E-state index contributed by atoms with van der Waals surface area (Å²) < 4.78 is 0. The lowest BCUT2D eigenvalue weighted by molar-refractivity contribution is 0.122. The van der Waals surface area contributed by atoms with Crippen LogP contribution in [0.25, 0.3) is 0 Å². The first-order valence-corrected chi connectivity index (χ1v) is 6.73. The van der Waals surface area contributed by atoms with Crippen molar-refractivity contribution >= 4 is 0 Å². The van der Waals surface area contributed by atoms with Crippen molar-refractivity contribution in [2.45, 2.75) is 44.6 Å². The molecule has 1 heterocycles. The van der Waals surface area contributed by atoms with Gasteiger partial charge in [-0.2, -0.15) is 0 Å². The van der Waals surface area contributed by atoms with E-state index in [1.165, 1.54) is 51.7 Å². The third-order valence-electron chi connectivity index (χ3n) is 4.89. The fourth-order valence-corrected chi connectivity index (χ4v) is 4.04. The Morgan fingerprint density at radius 1 is 1.00 bits per heavy atom. The molecular formula is C13H23NO. The van der Waals surface area contributed by atoms with E-state index in [-0.39, 0.29) is 6.10 Å². The molecule has 86 valence electrons. The summed E-state index contributed by atoms with van der Waals surface area (Å²) in [6.07, 6.45) is 8.16. The van der Waals surface area contributed by atoms with Gasteiger partial charge in [0.1, 0.15) is 0 Å². The fourth-order valence-electron chi connectivity index (χ4n) is 4.04. The molecular weight excluding hydrogens is 186 g/mol. The number of hydrogen-bond acceptors (Lipinski definition) is 2. The second-order valence-electron chi connectivity index (χ2n) is 5.94. The second-order valence-corrected chi connectivity index (χ2v) is 5.94. The number of aliphatic hydroxyl groups is 1. The van der Waals surface area contributed by atoms with Gasteiger partial charge < -0.3 is 10.0 Å². The van der Waals surface area contributed by atoms with E-state index >= 15 is 0 Å². The summed E-state index contributed by atoms with van der Waals surface area (Å²) >= 11 is 0. The number of nitrogens with zero attached hydrogens (tertiary/aromatic N) is 1. The van der Waals surface area contributed by atoms with Crippen molar-refractivity contribution in [3.8, 4) is 0 Å². The van der Waals surface area contributed by atoms with Crippen molar-refractivity contribution in [2.75, 3.05) is 19.6 Å². The van der Waals surface area contributed by atoms with Crippen LogP contribution in [0.5, 0.6) is 0 Å². The van der Waals surface area contributed by atoms with Crippen molar-refractivity contribution in [1.82, 2.24) is 4.90 Å². The van der Waals surface area contributed by atoms with E-state index in [0.29, 0.717) is 5.92 Å². The molecule has 0 aromatic carbocycles. The van der Waals surface area contributed by atoms with E-state index in [1.54, 1.807) is 0 Å². The molecule has 0 bridgehead atoms. The molecule has 3 atom stereocenters. The number of hydrogen-bond donors (Lipinski definition) is 1. The Hall–Kier alpha value is -0.0800. The molecule has 0 spiro atoms. The smallest absolute Gasteiger partial charge is 0.0583 e. The third-order valence-corrected chi connectivity index (χ3v) is 4.89. The zero-order valence-electron chi connectivity index (χ0n) is 9.57. The summed E-state index contributed by atoms with van der Waals surface area (Å²) in [5.74, 6) is 2.41. The first-order valence-electron chi connectivity index (χ1n) is 6.73. The summed E-state index contributed by atoms with van der Waals surface area (Å²) in [5, 5.41) is 9.85. The van der Waals surface area contributed by atoms with E-state index in [1.807, 2.05) is 0 Å². The number of likely N-dealkylation sites (tertiary alicyclic amines) is 1. The predicted molar refractivity (Wildman–Crippen MR) is 60.6 cm³/mol. The van der Waals surface area contributed by atoms with Gasteiger partial charge >= 0.3 is 0 Å². The number of fused-ring (bicyclic) bond motifs is 1. The highest BCUT2D eigenvalue weighted by Crippen LogP contribution is 2.39. The Balaban J connectivity index is 1.53. The average molecular weight is 209 g/mol. The minimum absolute atomic E-state index is 0.0172. The predicted octanol–water partition coefficient (Wildman–Crippen LogP) is 1.88. The van der Waals surface area contributed by atoms with E-state index in [4.69, 9.17) is 0 Å². The van der Waals surface area contributed by atoms with Gasteiger partial charge in [0.15, 0.2) is 0 Å². The van der Waals surface area contributed by atoms with Crippen LogP contribution in [0.2, 0.25) is 0 Å². The number of aliphatic hydroxyl groups excluding tert-OH is 1. The molecule has 2 saturated carbocycles. The lowest BCUT2D eigenvalue weighted by Crippen LogP contribution is -2.29. The topological polar surface area (TPSA) is 23.5 Å². The van der Waals surface area contributed by atoms with Gasteiger partial charge in [-0.25, -0.2) is 0 Å². The van der Waals surface area contributed by atoms with Crippen LogP contribution in [0.1, 0.15) is 38.5 Å². The first kappa shape index (κ1) is 10.1. The van der Waals surface area contributed by atoms with Gasteiger partial charge in [-0.3, -0.25) is 0 Å². The SMILES string of the molecule is OC1CCC2CN(CC3CCCC3)CC12. The Morgan fingerprint density at radius 3 is 2.53 bits per heavy atom. The Bertz CT molecular complexity index is 223. The second kappa shape index (κ2) is 4.06. The quantitative estimate of drug-likeness (QED) is 0.750. The van der Waals surface area contributed by atoms with Gasteiger partial charge in [0, 0.05) is 25.6 Å². The largest absolute Gasteiger partial charge is 0.393 e. The van der Waals surface area contributed by atoms with Gasteiger partial charge in [0.25, 0.3) is 0 Å². The van der Waals surface area contributed by atoms with Crippen molar-refractivity contribution in [3.63, 3.8) is 0 Å². The maximum Gasteiger partial charge on any atom is 0.0583 e. The van der Waals surface area contributed by atoms with Crippen LogP contribution in [-0.4, -0.2) is 35.7 Å². The fraction of sp³-hybridized carbons (Fsp3) is 1.00. The molecule has 3 rings (SSSR count). The molecule has 0 aromatic heterocycles. The van der Waals surface area contributed by atoms with Gasteiger partial charge in [0.2, 0.25) is 0 Å². The van der Waals surface area contributed by atoms with E-state index in [9.17, 15) is 5.11 Å². The lowest BCUT2D eigenvalue weighted by Gasteiger charge is -2.21. The lowest BCUT2D eigenvalue weighted by atomic mass is 10.00. The normalized spacial score (nSPS) is 42.6. The van der Waals surface area contributed by atoms with Crippen LogP contribution in [0.4, 0.5) is 0 Å². The summed E-state index contributed by atoms with van der Waals surface area (Å²) in [4.78, 5) is 2.63. The van der Waals surface area contributed by atoms with Crippen molar-refractivity contribution in [2.24, 2.45) is 17.8 Å². The summed E-state index contributed by atoms with van der Waals surface area (Å²) in [6.45, 7) is 3.78. The van der Waals surface area contributed by atoms with Gasteiger partial charge in [-0.15, -0.1) is 0 Å². The summed E-state index contributed by atoms with van der Waals surface area (Å²) in [7, 11) is 0.